The van der Waals surface area contributed by atoms with Crippen LogP contribution in [-0.2, 0) is 9.47 Å². The highest BCUT2D eigenvalue weighted by molar-refractivity contribution is 4.62. The zero-order valence-corrected chi connectivity index (χ0v) is 10.7. The van der Waals surface area contributed by atoms with Crippen molar-refractivity contribution in [1.82, 2.24) is 5.32 Å². The average molecular weight is 229 g/mol. The normalized spacial score (nSPS) is 17.8. The average Bonchev–Trinajstić information content (AvgIpc) is 2.34. The van der Waals surface area contributed by atoms with Crippen LogP contribution in [0.25, 0.3) is 0 Å². The molecule has 1 aliphatic rings. The van der Waals surface area contributed by atoms with Crippen molar-refractivity contribution in [1.29, 1.82) is 0 Å². The SMILES string of the molecule is CCCNCCCCOCC1CCOCC1. The van der Waals surface area contributed by atoms with E-state index in [4.69, 9.17) is 9.47 Å². The molecule has 0 aromatic carbocycles. The van der Waals surface area contributed by atoms with Gasteiger partial charge in [0.25, 0.3) is 0 Å². The zero-order chi connectivity index (χ0) is 11.5. The molecule has 0 aromatic heterocycles. The van der Waals surface area contributed by atoms with Crippen LogP contribution < -0.4 is 5.32 Å². The summed E-state index contributed by atoms with van der Waals surface area (Å²) >= 11 is 0. The predicted octanol–water partition coefficient (Wildman–Crippen LogP) is 2.21. The molecule has 1 aliphatic heterocycles. The molecule has 0 bridgehead atoms. The van der Waals surface area contributed by atoms with E-state index in [1.54, 1.807) is 0 Å². The smallest absolute Gasteiger partial charge is 0.0495 e. The lowest BCUT2D eigenvalue weighted by molar-refractivity contribution is 0.0199. The van der Waals surface area contributed by atoms with Crippen LogP contribution >= 0.6 is 0 Å². The van der Waals surface area contributed by atoms with Gasteiger partial charge in [-0.15, -0.1) is 0 Å². The van der Waals surface area contributed by atoms with Gasteiger partial charge in [-0.1, -0.05) is 6.92 Å². The second kappa shape index (κ2) is 10.1. The molecule has 3 heteroatoms. The van der Waals surface area contributed by atoms with E-state index >= 15 is 0 Å². The summed E-state index contributed by atoms with van der Waals surface area (Å²) in [6.07, 6.45) is 5.99. The number of rotatable bonds is 9. The van der Waals surface area contributed by atoms with Crippen LogP contribution in [0.1, 0.15) is 39.0 Å². The summed E-state index contributed by atoms with van der Waals surface area (Å²) < 4.78 is 11.0. The van der Waals surface area contributed by atoms with Crippen molar-refractivity contribution < 1.29 is 9.47 Å². The Labute approximate surface area is 99.9 Å². The highest BCUT2D eigenvalue weighted by Crippen LogP contribution is 2.14. The minimum absolute atomic E-state index is 0.743. The molecule has 0 aliphatic carbocycles. The fraction of sp³-hybridized carbons (Fsp3) is 1.00. The maximum atomic E-state index is 5.70. The van der Waals surface area contributed by atoms with Crippen molar-refractivity contribution in [2.75, 3.05) is 39.5 Å². The molecule has 3 nitrogen and oxygen atoms in total. The van der Waals surface area contributed by atoms with Crippen molar-refractivity contribution >= 4 is 0 Å². The molecule has 0 aromatic rings. The topological polar surface area (TPSA) is 30.5 Å². The summed E-state index contributed by atoms with van der Waals surface area (Å²) in [6.45, 7) is 8.18. The summed E-state index contributed by atoms with van der Waals surface area (Å²) in [4.78, 5) is 0. The second-order valence-corrected chi connectivity index (χ2v) is 4.59. The molecule has 1 heterocycles. The van der Waals surface area contributed by atoms with E-state index in [0.717, 1.165) is 45.4 Å². The molecule has 16 heavy (non-hydrogen) atoms. The van der Waals surface area contributed by atoms with E-state index in [9.17, 15) is 0 Å². The van der Waals surface area contributed by atoms with Gasteiger partial charge in [0.05, 0.1) is 0 Å². The fourth-order valence-corrected chi connectivity index (χ4v) is 1.92. The van der Waals surface area contributed by atoms with Gasteiger partial charge in [0.2, 0.25) is 0 Å². The van der Waals surface area contributed by atoms with Crippen LogP contribution in [-0.4, -0.2) is 39.5 Å². The predicted molar refractivity (Wildman–Crippen MR) is 66.8 cm³/mol. The summed E-state index contributed by atoms with van der Waals surface area (Å²) in [7, 11) is 0. The summed E-state index contributed by atoms with van der Waals surface area (Å²) in [5, 5.41) is 3.40. The van der Waals surface area contributed by atoms with Gasteiger partial charge in [0.15, 0.2) is 0 Å². The quantitative estimate of drug-likeness (QED) is 0.615. The molecule has 1 N–H and O–H groups in total. The van der Waals surface area contributed by atoms with Crippen molar-refractivity contribution in [3.8, 4) is 0 Å². The lowest BCUT2D eigenvalue weighted by Crippen LogP contribution is -2.20. The van der Waals surface area contributed by atoms with Crippen molar-refractivity contribution in [2.45, 2.75) is 39.0 Å². The Balaban J connectivity index is 1.77. The van der Waals surface area contributed by atoms with Crippen LogP contribution in [0.5, 0.6) is 0 Å². The zero-order valence-electron chi connectivity index (χ0n) is 10.7. The summed E-state index contributed by atoms with van der Waals surface area (Å²) in [5.74, 6) is 0.743. The third-order valence-electron chi connectivity index (χ3n) is 3.01. The van der Waals surface area contributed by atoms with Gasteiger partial charge in [-0.3, -0.25) is 0 Å². The third kappa shape index (κ3) is 7.20. The van der Waals surface area contributed by atoms with E-state index < -0.39 is 0 Å². The fourth-order valence-electron chi connectivity index (χ4n) is 1.92. The maximum Gasteiger partial charge on any atom is 0.0495 e. The maximum absolute atomic E-state index is 5.70. The third-order valence-corrected chi connectivity index (χ3v) is 3.01. The van der Waals surface area contributed by atoms with E-state index in [2.05, 4.69) is 12.2 Å². The van der Waals surface area contributed by atoms with Gasteiger partial charge >= 0.3 is 0 Å². The van der Waals surface area contributed by atoms with Crippen molar-refractivity contribution in [2.24, 2.45) is 5.92 Å². The van der Waals surface area contributed by atoms with Crippen LogP contribution in [0.3, 0.4) is 0 Å². The number of hydrogen-bond acceptors (Lipinski definition) is 3. The number of hydrogen-bond donors (Lipinski definition) is 1. The van der Waals surface area contributed by atoms with E-state index in [0.29, 0.717) is 0 Å². The Morgan fingerprint density at radius 1 is 1.19 bits per heavy atom. The van der Waals surface area contributed by atoms with E-state index in [1.807, 2.05) is 0 Å². The summed E-state index contributed by atoms with van der Waals surface area (Å²) in [5.41, 5.74) is 0. The van der Waals surface area contributed by atoms with E-state index in [1.165, 1.54) is 32.1 Å². The molecule has 1 fully saturated rings. The van der Waals surface area contributed by atoms with Crippen LogP contribution in [0, 0.1) is 5.92 Å². The molecule has 0 atom stereocenters. The molecule has 96 valence electrons. The molecular weight excluding hydrogens is 202 g/mol. The standard InChI is InChI=1S/C13H27NO2/c1-2-7-14-8-3-4-9-16-12-13-5-10-15-11-6-13/h13-14H,2-12H2,1H3. The highest BCUT2D eigenvalue weighted by atomic mass is 16.5. The Hall–Kier alpha value is -0.120. The Morgan fingerprint density at radius 2 is 2.00 bits per heavy atom. The minimum atomic E-state index is 0.743. The molecular formula is C13H27NO2. The molecule has 0 radical (unpaired) electrons. The number of ether oxygens (including phenoxy) is 2. The van der Waals surface area contributed by atoms with Crippen LogP contribution in [0.4, 0.5) is 0 Å². The minimum Gasteiger partial charge on any atom is -0.381 e. The first kappa shape index (κ1) is 13.9. The van der Waals surface area contributed by atoms with Gasteiger partial charge in [-0.05, 0) is 51.1 Å². The lowest BCUT2D eigenvalue weighted by Gasteiger charge is -2.21. The first-order valence-electron chi connectivity index (χ1n) is 6.79. The van der Waals surface area contributed by atoms with Crippen LogP contribution in [0.2, 0.25) is 0 Å². The molecule has 0 spiro atoms. The van der Waals surface area contributed by atoms with Crippen molar-refractivity contribution in [3.05, 3.63) is 0 Å². The Morgan fingerprint density at radius 3 is 2.75 bits per heavy atom. The molecule has 0 unspecified atom stereocenters. The van der Waals surface area contributed by atoms with Crippen LogP contribution in [0.15, 0.2) is 0 Å². The first-order valence-corrected chi connectivity index (χ1v) is 6.79. The van der Waals surface area contributed by atoms with Gasteiger partial charge in [-0.2, -0.15) is 0 Å². The molecule has 0 saturated carbocycles. The number of unbranched alkanes of at least 4 members (excludes halogenated alkanes) is 1. The van der Waals surface area contributed by atoms with Gasteiger partial charge in [0.1, 0.15) is 0 Å². The van der Waals surface area contributed by atoms with Crippen molar-refractivity contribution in [3.63, 3.8) is 0 Å². The second-order valence-electron chi connectivity index (χ2n) is 4.59. The molecule has 1 saturated heterocycles. The Bertz CT molecular complexity index is 147. The monoisotopic (exact) mass is 229 g/mol. The number of nitrogens with one attached hydrogen (secondary N) is 1. The molecule has 1 rings (SSSR count). The molecule has 0 amide bonds. The van der Waals surface area contributed by atoms with Gasteiger partial charge in [0, 0.05) is 26.4 Å². The first-order chi connectivity index (χ1) is 7.93. The lowest BCUT2D eigenvalue weighted by atomic mass is 10.0. The largest absolute Gasteiger partial charge is 0.381 e. The van der Waals surface area contributed by atoms with Gasteiger partial charge < -0.3 is 14.8 Å². The van der Waals surface area contributed by atoms with E-state index in [-0.39, 0.29) is 0 Å². The highest BCUT2D eigenvalue weighted by Gasteiger charge is 2.13. The Kier molecular flexibility index (Phi) is 8.77. The summed E-state index contributed by atoms with van der Waals surface area (Å²) in [6, 6.07) is 0. The van der Waals surface area contributed by atoms with Gasteiger partial charge in [-0.25, -0.2) is 0 Å².